The number of hydrogen-bond acceptors (Lipinski definition) is 6. The Bertz CT molecular complexity index is 349. The van der Waals surface area contributed by atoms with Gasteiger partial charge in [0.15, 0.2) is 11.6 Å². The maximum atomic E-state index is 8.99. The molecule has 1 heterocycles. The standard InChI is InChI=1S/C11H19N3O2S/c1-4-12-10-9(16-3)11(14-7-13-10)17-6-8(2)5-15/h7-8,15H,4-6H2,1-3H3,(H,12,13,14). The van der Waals surface area contributed by atoms with E-state index in [0.29, 0.717) is 11.6 Å². The quantitative estimate of drug-likeness (QED) is 0.572. The van der Waals surface area contributed by atoms with Crippen LogP contribution in [0.5, 0.6) is 5.75 Å². The van der Waals surface area contributed by atoms with Crippen LogP contribution in [-0.4, -0.2) is 41.1 Å². The van der Waals surface area contributed by atoms with Gasteiger partial charge in [0.2, 0.25) is 0 Å². The molecule has 1 aromatic heterocycles. The molecule has 0 fully saturated rings. The Morgan fingerprint density at radius 2 is 2.29 bits per heavy atom. The van der Waals surface area contributed by atoms with Gasteiger partial charge in [-0.05, 0) is 12.8 Å². The average Bonchev–Trinajstić information content (AvgIpc) is 2.36. The summed E-state index contributed by atoms with van der Waals surface area (Å²) in [6.07, 6.45) is 1.52. The summed E-state index contributed by atoms with van der Waals surface area (Å²) in [5.41, 5.74) is 0. The van der Waals surface area contributed by atoms with E-state index in [-0.39, 0.29) is 12.5 Å². The number of methoxy groups -OCH3 is 1. The van der Waals surface area contributed by atoms with Crippen LogP contribution in [-0.2, 0) is 0 Å². The maximum Gasteiger partial charge on any atom is 0.193 e. The summed E-state index contributed by atoms with van der Waals surface area (Å²) in [5.74, 6) is 2.42. The van der Waals surface area contributed by atoms with Crippen molar-refractivity contribution >= 4 is 17.6 Å². The first-order chi connectivity index (χ1) is 8.22. The van der Waals surface area contributed by atoms with Crippen molar-refractivity contribution in [1.29, 1.82) is 0 Å². The first-order valence-corrected chi connectivity index (χ1v) is 6.58. The van der Waals surface area contributed by atoms with Crippen LogP contribution in [0.1, 0.15) is 13.8 Å². The van der Waals surface area contributed by atoms with Gasteiger partial charge in [0.05, 0.1) is 7.11 Å². The molecule has 0 saturated carbocycles. The van der Waals surface area contributed by atoms with E-state index < -0.39 is 0 Å². The van der Waals surface area contributed by atoms with Crippen molar-refractivity contribution in [2.45, 2.75) is 18.9 Å². The van der Waals surface area contributed by atoms with Crippen molar-refractivity contribution in [3.63, 3.8) is 0 Å². The third-order valence-corrected chi connectivity index (χ3v) is 3.44. The summed E-state index contributed by atoms with van der Waals surface area (Å²) in [6.45, 7) is 4.96. The molecule has 0 aliphatic heterocycles. The lowest BCUT2D eigenvalue weighted by Gasteiger charge is -2.12. The number of nitrogens with zero attached hydrogens (tertiary/aromatic N) is 2. The summed E-state index contributed by atoms with van der Waals surface area (Å²) >= 11 is 1.57. The van der Waals surface area contributed by atoms with Crippen molar-refractivity contribution in [3.05, 3.63) is 6.33 Å². The van der Waals surface area contributed by atoms with E-state index in [1.807, 2.05) is 13.8 Å². The number of anilines is 1. The highest BCUT2D eigenvalue weighted by atomic mass is 32.2. The van der Waals surface area contributed by atoms with Crippen LogP contribution in [0.15, 0.2) is 11.4 Å². The third kappa shape index (κ3) is 4.05. The number of nitrogens with one attached hydrogen (secondary N) is 1. The van der Waals surface area contributed by atoms with Crippen LogP contribution in [0.4, 0.5) is 5.82 Å². The Kier molecular flexibility index (Phi) is 6.07. The molecule has 0 spiro atoms. The highest BCUT2D eigenvalue weighted by Gasteiger charge is 2.13. The zero-order chi connectivity index (χ0) is 12.7. The second-order valence-corrected chi connectivity index (χ2v) is 4.70. The Labute approximate surface area is 106 Å². The number of aromatic nitrogens is 2. The van der Waals surface area contributed by atoms with Crippen molar-refractivity contribution in [2.75, 3.05) is 31.3 Å². The average molecular weight is 257 g/mol. The van der Waals surface area contributed by atoms with Gasteiger partial charge in [-0.15, -0.1) is 11.8 Å². The van der Waals surface area contributed by atoms with Gasteiger partial charge in [0.25, 0.3) is 0 Å². The zero-order valence-corrected chi connectivity index (χ0v) is 11.3. The Morgan fingerprint density at radius 1 is 1.53 bits per heavy atom. The summed E-state index contributed by atoms with van der Waals surface area (Å²) in [7, 11) is 1.61. The number of hydrogen-bond donors (Lipinski definition) is 2. The maximum absolute atomic E-state index is 8.99. The van der Waals surface area contributed by atoms with E-state index in [9.17, 15) is 0 Å². The Hall–Kier alpha value is -1.01. The van der Waals surface area contributed by atoms with E-state index in [0.717, 1.165) is 17.3 Å². The fourth-order valence-corrected chi connectivity index (χ4v) is 2.19. The smallest absolute Gasteiger partial charge is 0.193 e. The topological polar surface area (TPSA) is 67.3 Å². The fourth-order valence-electron chi connectivity index (χ4n) is 1.21. The molecule has 6 heteroatoms. The molecular formula is C11H19N3O2S. The van der Waals surface area contributed by atoms with Gasteiger partial charge in [0.1, 0.15) is 11.4 Å². The summed E-state index contributed by atoms with van der Waals surface area (Å²) in [6, 6.07) is 0. The molecule has 0 radical (unpaired) electrons. The lowest BCUT2D eigenvalue weighted by molar-refractivity contribution is 0.250. The van der Waals surface area contributed by atoms with Gasteiger partial charge in [-0.2, -0.15) is 0 Å². The minimum atomic E-state index is 0.181. The SMILES string of the molecule is CCNc1ncnc(SCC(C)CO)c1OC. The first-order valence-electron chi connectivity index (χ1n) is 5.59. The molecule has 17 heavy (non-hydrogen) atoms. The summed E-state index contributed by atoms with van der Waals surface area (Å²) in [5, 5.41) is 12.9. The van der Waals surface area contributed by atoms with Gasteiger partial charge in [0, 0.05) is 18.9 Å². The zero-order valence-electron chi connectivity index (χ0n) is 10.4. The summed E-state index contributed by atoms with van der Waals surface area (Å²) in [4.78, 5) is 8.34. The van der Waals surface area contributed by atoms with Crippen LogP contribution < -0.4 is 10.1 Å². The monoisotopic (exact) mass is 257 g/mol. The van der Waals surface area contributed by atoms with E-state index >= 15 is 0 Å². The second-order valence-electron chi connectivity index (χ2n) is 3.69. The number of ether oxygens (including phenoxy) is 1. The molecule has 0 saturated heterocycles. The molecule has 96 valence electrons. The molecule has 0 amide bonds. The molecule has 0 aliphatic carbocycles. The largest absolute Gasteiger partial charge is 0.490 e. The third-order valence-electron chi connectivity index (χ3n) is 2.14. The number of aliphatic hydroxyl groups excluding tert-OH is 1. The lowest BCUT2D eigenvalue weighted by atomic mass is 10.2. The molecule has 1 rings (SSSR count). The number of thioether (sulfide) groups is 1. The van der Waals surface area contributed by atoms with Crippen LogP contribution in [0, 0.1) is 5.92 Å². The van der Waals surface area contributed by atoms with E-state index in [1.54, 1.807) is 18.9 Å². The minimum Gasteiger partial charge on any atom is -0.490 e. The van der Waals surface area contributed by atoms with Crippen LogP contribution in [0.25, 0.3) is 0 Å². The molecule has 0 bridgehead atoms. The van der Waals surface area contributed by atoms with Crippen molar-refractivity contribution in [1.82, 2.24) is 9.97 Å². The highest BCUT2D eigenvalue weighted by molar-refractivity contribution is 7.99. The van der Waals surface area contributed by atoms with Crippen LogP contribution in [0.2, 0.25) is 0 Å². The van der Waals surface area contributed by atoms with Crippen molar-refractivity contribution in [2.24, 2.45) is 5.92 Å². The Balaban J connectivity index is 2.79. The van der Waals surface area contributed by atoms with E-state index in [4.69, 9.17) is 9.84 Å². The molecule has 2 N–H and O–H groups in total. The van der Waals surface area contributed by atoms with Gasteiger partial charge < -0.3 is 15.2 Å². The number of aliphatic hydroxyl groups is 1. The molecule has 1 atom stereocenters. The highest BCUT2D eigenvalue weighted by Crippen LogP contribution is 2.32. The predicted molar refractivity (Wildman–Crippen MR) is 69.7 cm³/mol. The number of rotatable bonds is 7. The molecule has 1 aromatic rings. The fraction of sp³-hybridized carbons (Fsp3) is 0.636. The second kappa shape index (κ2) is 7.34. The van der Waals surface area contributed by atoms with Gasteiger partial charge in [-0.3, -0.25) is 0 Å². The molecule has 1 unspecified atom stereocenters. The Morgan fingerprint density at radius 3 is 2.88 bits per heavy atom. The van der Waals surface area contributed by atoms with Gasteiger partial charge in [-0.25, -0.2) is 9.97 Å². The van der Waals surface area contributed by atoms with Gasteiger partial charge >= 0.3 is 0 Å². The van der Waals surface area contributed by atoms with Crippen LogP contribution >= 0.6 is 11.8 Å². The molecule has 0 aromatic carbocycles. The van der Waals surface area contributed by atoms with E-state index in [2.05, 4.69) is 15.3 Å². The summed E-state index contributed by atoms with van der Waals surface area (Å²) < 4.78 is 5.32. The minimum absolute atomic E-state index is 0.181. The van der Waals surface area contributed by atoms with Crippen LogP contribution in [0.3, 0.4) is 0 Å². The molecule has 0 aliphatic rings. The van der Waals surface area contributed by atoms with Crippen molar-refractivity contribution < 1.29 is 9.84 Å². The lowest BCUT2D eigenvalue weighted by Crippen LogP contribution is -2.06. The first kappa shape index (κ1) is 14.1. The van der Waals surface area contributed by atoms with E-state index in [1.165, 1.54) is 6.33 Å². The van der Waals surface area contributed by atoms with Gasteiger partial charge in [-0.1, -0.05) is 6.92 Å². The normalized spacial score (nSPS) is 12.2. The molecular weight excluding hydrogens is 238 g/mol. The predicted octanol–water partition coefficient (Wildman–Crippen LogP) is 1.64. The molecule has 5 nitrogen and oxygen atoms in total. The van der Waals surface area contributed by atoms with Crippen molar-refractivity contribution in [3.8, 4) is 5.75 Å².